The average Bonchev–Trinajstić information content (AvgIpc) is 3.49. The molecule has 0 aliphatic carbocycles. The van der Waals surface area contributed by atoms with Gasteiger partial charge in [0.1, 0.15) is 23.8 Å². The van der Waals surface area contributed by atoms with Crippen LogP contribution in [-0.4, -0.2) is 121 Å². The van der Waals surface area contributed by atoms with Crippen LogP contribution in [-0.2, 0) is 19.1 Å². The number of Topliss-reactive ketones (excluding diaryl/α,β-unsaturated/α-hetero) is 1. The predicted molar refractivity (Wildman–Crippen MR) is 158 cm³/mol. The molecule has 0 aromatic carbocycles. The summed E-state index contributed by atoms with van der Waals surface area (Å²) in [6, 6.07) is 2.03. The van der Waals surface area contributed by atoms with Crippen molar-refractivity contribution in [3.8, 4) is 0 Å². The van der Waals surface area contributed by atoms with Crippen molar-refractivity contribution in [3.05, 3.63) is 6.07 Å². The van der Waals surface area contributed by atoms with Crippen molar-refractivity contribution >= 4 is 35.4 Å². The molecule has 1 aromatic heterocycles. The lowest BCUT2D eigenvalue weighted by Crippen LogP contribution is -2.52. The van der Waals surface area contributed by atoms with Crippen LogP contribution in [0.5, 0.6) is 0 Å². The number of hydrogen-bond donors (Lipinski definition) is 0. The molecule has 0 radical (unpaired) electrons. The van der Waals surface area contributed by atoms with E-state index in [9.17, 15) is 14.4 Å². The van der Waals surface area contributed by atoms with Gasteiger partial charge in [0.2, 0.25) is 5.95 Å². The molecule has 2 atom stereocenters. The van der Waals surface area contributed by atoms with Crippen LogP contribution in [0.15, 0.2) is 6.07 Å². The zero-order valence-corrected chi connectivity index (χ0v) is 25.6. The molecule has 0 bridgehead atoms. The van der Waals surface area contributed by atoms with Crippen molar-refractivity contribution in [2.45, 2.75) is 66.0 Å². The molecular weight excluding hydrogens is 526 g/mol. The first-order valence-corrected chi connectivity index (χ1v) is 15.2. The van der Waals surface area contributed by atoms with Crippen molar-refractivity contribution < 1.29 is 23.9 Å². The summed E-state index contributed by atoms with van der Waals surface area (Å²) in [7, 11) is 0. The molecule has 0 spiro atoms. The number of amides is 2. The second kappa shape index (κ2) is 13.2. The lowest BCUT2D eigenvalue weighted by molar-refractivity contribution is -0.141. The number of carbonyl (C=O) groups excluding carboxylic acids is 3. The first-order valence-electron chi connectivity index (χ1n) is 15.2. The molecule has 4 heterocycles. The van der Waals surface area contributed by atoms with Gasteiger partial charge in [-0.3, -0.25) is 9.59 Å². The molecule has 12 heteroatoms. The summed E-state index contributed by atoms with van der Waals surface area (Å²) in [5, 5.41) is 0. The van der Waals surface area contributed by atoms with Gasteiger partial charge < -0.3 is 34.0 Å². The van der Waals surface area contributed by atoms with E-state index >= 15 is 0 Å². The number of nitrogens with zero attached hydrogens (tertiary/aromatic N) is 7. The lowest BCUT2D eigenvalue weighted by atomic mass is 9.93. The van der Waals surface area contributed by atoms with Gasteiger partial charge in [-0.05, 0) is 46.5 Å². The summed E-state index contributed by atoms with van der Waals surface area (Å²) in [5.74, 6) is 2.07. The van der Waals surface area contributed by atoms with Crippen LogP contribution >= 0.6 is 0 Å². The standard InChI is InChI=1S/C29H47N7O5/c1-7-32(8-2)22-18-23(31-27(30-22)33(9-3)10-4)34-14-16-35(17-15-34)28(39)41-20-29-12-11-13-36(29)26(38)24(25(29)37)40-19-21(5)6/h18,21,24H,7-17,19-20H2,1-6H3. The molecule has 41 heavy (non-hydrogen) atoms. The number of carbonyl (C=O) groups is 3. The van der Waals surface area contributed by atoms with Gasteiger partial charge in [-0.2, -0.15) is 9.97 Å². The number of aromatic nitrogens is 2. The van der Waals surface area contributed by atoms with Crippen molar-refractivity contribution in [1.82, 2.24) is 19.8 Å². The Morgan fingerprint density at radius 2 is 1.66 bits per heavy atom. The quantitative estimate of drug-likeness (QED) is 0.346. The number of hydrogen-bond acceptors (Lipinski definition) is 10. The third kappa shape index (κ3) is 6.22. The van der Waals surface area contributed by atoms with E-state index in [2.05, 4.69) is 42.4 Å². The van der Waals surface area contributed by atoms with E-state index in [4.69, 9.17) is 19.4 Å². The molecule has 0 N–H and O–H groups in total. The monoisotopic (exact) mass is 573 g/mol. The van der Waals surface area contributed by atoms with E-state index in [1.807, 2.05) is 19.9 Å². The van der Waals surface area contributed by atoms with Crippen LogP contribution in [0.4, 0.5) is 22.4 Å². The van der Waals surface area contributed by atoms with E-state index in [1.165, 1.54) is 0 Å². The maximum absolute atomic E-state index is 13.3. The summed E-state index contributed by atoms with van der Waals surface area (Å²) < 4.78 is 11.4. The summed E-state index contributed by atoms with van der Waals surface area (Å²) in [6.45, 7) is 18.5. The number of rotatable bonds is 12. The highest BCUT2D eigenvalue weighted by Crippen LogP contribution is 2.39. The Balaban J connectivity index is 1.40. The molecule has 3 fully saturated rings. The number of anilines is 3. The molecule has 12 nitrogen and oxygen atoms in total. The molecule has 0 saturated carbocycles. The minimum Gasteiger partial charge on any atom is -0.446 e. The second-order valence-electron chi connectivity index (χ2n) is 11.4. The van der Waals surface area contributed by atoms with Gasteiger partial charge in [0.25, 0.3) is 5.91 Å². The van der Waals surface area contributed by atoms with Gasteiger partial charge in [-0.25, -0.2) is 4.79 Å². The van der Waals surface area contributed by atoms with Gasteiger partial charge >= 0.3 is 6.09 Å². The maximum atomic E-state index is 13.3. The summed E-state index contributed by atoms with van der Waals surface area (Å²) in [5.41, 5.74) is -1.11. The third-order valence-electron chi connectivity index (χ3n) is 8.39. The zero-order chi connectivity index (χ0) is 29.7. The van der Waals surface area contributed by atoms with Crippen LogP contribution in [0.3, 0.4) is 0 Å². The highest BCUT2D eigenvalue weighted by Gasteiger charge is 2.61. The van der Waals surface area contributed by atoms with E-state index in [1.54, 1.807) is 9.80 Å². The molecule has 2 unspecified atom stereocenters. The smallest absolute Gasteiger partial charge is 0.409 e. The molecule has 1 aromatic rings. The molecular formula is C29H47N7O5. The fraction of sp³-hybridized carbons (Fsp3) is 0.759. The van der Waals surface area contributed by atoms with Crippen LogP contribution < -0.4 is 14.7 Å². The normalized spacial score (nSPS) is 22.5. The summed E-state index contributed by atoms with van der Waals surface area (Å²) >= 11 is 0. The molecule has 4 rings (SSSR count). The first-order chi connectivity index (χ1) is 19.7. The number of fused-ring (bicyclic) bond motifs is 1. The Labute approximate surface area is 243 Å². The van der Waals surface area contributed by atoms with E-state index in [0.717, 1.165) is 37.8 Å². The summed E-state index contributed by atoms with van der Waals surface area (Å²) in [4.78, 5) is 58.9. The topological polar surface area (TPSA) is 112 Å². The van der Waals surface area contributed by atoms with Crippen molar-refractivity contribution in [2.24, 2.45) is 5.92 Å². The van der Waals surface area contributed by atoms with E-state index < -0.39 is 17.7 Å². The van der Waals surface area contributed by atoms with E-state index in [0.29, 0.717) is 58.1 Å². The first kappa shape index (κ1) is 30.8. The van der Waals surface area contributed by atoms with E-state index in [-0.39, 0.29) is 24.2 Å². The SMILES string of the molecule is CCN(CC)c1cc(N2CCN(C(=O)OCC34CCCN3C(=O)C(OCC(C)C)C4=O)CC2)nc(N(CC)CC)n1. The Hall–Kier alpha value is -3.15. The van der Waals surface area contributed by atoms with Crippen molar-refractivity contribution in [2.75, 3.05) is 86.8 Å². The molecule has 228 valence electrons. The van der Waals surface area contributed by atoms with Crippen LogP contribution in [0, 0.1) is 5.92 Å². The number of ether oxygens (including phenoxy) is 2. The molecule has 3 aliphatic rings. The Morgan fingerprint density at radius 3 is 2.27 bits per heavy atom. The van der Waals surface area contributed by atoms with Gasteiger partial charge in [0.15, 0.2) is 11.9 Å². The third-order valence-corrected chi connectivity index (χ3v) is 8.39. The summed E-state index contributed by atoms with van der Waals surface area (Å²) in [6.07, 6.45) is -0.380. The Kier molecular flexibility index (Phi) is 9.93. The Morgan fingerprint density at radius 1 is 1.00 bits per heavy atom. The van der Waals surface area contributed by atoms with Gasteiger partial charge in [0.05, 0.1) is 6.61 Å². The van der Waals surface area contributed by atoms with Crippen molar-refractivity contribution in [3.63, 3.8) is 0 Å². The number of piperazine rings is 1. The van der Waals surface area contributed by atoms with Crippen LogP contribution in [0.25, 0.3) is 0 Å². The van der Waals surface area contributed by atoms with Crippen LogP contribution in [0.1, 0.15) is 54.4 Å². The highest BCUT2D eigenvalue weighted by molar-refractivity contribution is 6.16. The Bertz CT molecular complexity index is 1060. The molecule has 2 amide bonds. The predicted octanol–water partition coefficient (Wildman–Crippen LogP) is 2.41. The maximum Gasteiger partial charge on any atom is 0.409 e. The van der Waals surface area contributed by atoms with Crippen molar-refractivity contribution in [1.29, 1.82) is 0 Å². The zero-order valence-electron chi connectivity index (χ0n) is 25.6. The lowest BCUT2D eigenvalue weighted by Gasteiger charge is -2.36. The van der Waals surface area contributed by atoms with Gasteiger partial charge in [0, 0.05) is 65.0 Å². The average molecular weight is 574 g/mol. The van der Waals surface area contributed by atoms with Gasteiger partial charge in [-0.1, -0.05) is 13.8 Å². The highest BCUT2D eigenvalue weighted by atomic mass is 16.6. The molecule has 3 saturated heterocycles. The van der Waals surface area contributed by atoms with Crippen LogP contribution in [0.2, 0.25) is 0 Å². The second-order valence-corrected chi connectivity index (χ2v) is 11.4. The number of ketones is 1. The minimum atomic E-state index is -1.11. The minimum absolute atomic E-state index is 0.134. The molecule has 3 aliphatic heterocycles. The fourth-order valence-electron chi connectivity index (χ4n) is 5.93. The van der Waals surface area contributed by atoms with Gasteiger partial charge in [-0.15, -0.1) is 0 Å². The fourth-order valence-corrected chi connectivity index (χ4v) is 5.93. The largest absolute Gasteiger partial charge is 0.446 e.